The zero-order chi connectivity index (χ0) is 17.6. The summed E-state index contributed by atoms with van der Waals surface area (Å²) >= 11 is 0. The van der Waals surface area contributed by atoms with Crippen LogP contribution in [0.4, 0.5) is 11.4 Å². The third-order valence-electron chi connectivity index (χ3n) is 3.28. The minimum absolute atomic E-state index is 0.102. The van der Waals surface area contributed by atoms with Crippen LogP contribution in [0.1, 0.15) is 20.3 Å². The molecule has 1 aliphatic rings. The molecule has 0 aliphatic carbocycles. The fourth-order valence-corrected chi connectivity index (χ4v) is 2.19. The van der Waals surface area contributed by atoms with Crippen LogP contribution in [-0.4, -0.2) is 54.5 Å². The SMILES string of the molecule is CC(=O)O.CCN1C(=O)CC(Nc2ccc(N(C)C)cc2)C1=O. The Morgan fingerprint density at radius 2 is 1.83 bits per heavy atom. The van der Waals surface area contributed by atoms with E-state index in [4.69, 9.17) is 9.90 Å². The van der Waals surface area contributed by atoms with Gasteiger partial charge in [-0.05, 0) is 31.2 Å². The smallest absolute Gasteiger partial charge is 0.300 e. The molecule has 1 heterocycles. The number of likely N-dealkylation sites (tertiary alicyclic amines) is 1. The second-order valence-electron chi connectivity index (χ2n) is 5.34. The highest BCUT2D eigenvalue weighted by atomic mass is 16.4. The van der Waals surface area contributed by atoms with Crippen molar-refractivity contribution in [1.82, 2.24) is 4.90 Å². The Balaban J connectivity index is 0.000000593. The topological polar surface area (TPSA) is 89.9 Å². The van der Waals surface area contributed by atoms with Gasteiger partial charge in [0.15, 0.2) is 0 Å². The molecule has 0 radical (unpaired) electrons. The van der Waals surface area contributed by atoms with Crippen molar-refractivity contribution in [1.29, 1.82) is 0 Å². The summed E-state index contributed by atoms with van der Waals surface area (Å²) < 4.78 is 0. The third-order valence-corrected chi connectivity index (χ3v) is 3.28. The number of hydrogen-bond acceptors (Lipinski definition) is 5. The molecule has 0 bridgehead atoms. The predicted octanol–water partition coefficient (Wildman–Crippen LogP) is 1.40. The van der Waals surface area contributed by atoms with E-state index in [9.17, 15) is 9.59 Å². The highest BCUT2D eigenvalue weighted by Crippen LogP contribution is 2.20. The van der Waals surface area contributed by atoms with Crippen molar-refractivity contribution in [3.05, 3.63) is 24.3 Å². The molecule has 2 rings (SSSR count). The zero-order valence-corrected chi connectivity index (χ0v) is 13.9. The standard InChI is InChI=1S/C14H19N3O2.C2H4O2/c1-4-17-13(18)9-12(14(17)19)15-10-5-7-11(8-6-10)16(2)3;1-2(3)4/h5-8,12,15H,4,9H2,1-3H3;1H3,(H,3,4). The van der Waals surface area contributed by atoms with Gasteiger partial charge in [-0.3, -0.25) is 19.3 Å². The second kappa shape index (κ2) is 8.17. The van der Waals surface area contributed by atoms with Crippen LogP contribution in [0, 0.1) is 0 Å². The Morgan fingerprint density at radius 1 is 1.30 bits per heavy atom. The molecule has 2 N–H and O–H groups in total. The molecule has 1 saturated heterocycles. The minimum Gasteiger partial charge on any atom is -0.481 e. The van der Waals surface area contributed by atoms with E-state index in [0.29, 0.717) is 6.54 Å². The summed E-state index contributed by atoms with van der Waals surface area (Å²) in [6, 6.07) is 7.35. The van der Waals surface area contributed by atoms with Crippen LogP contribution in [0.15, 0.2) is 24.3 Å². The van der Waals surface area contributed by atoms with E-state index >= 15 is 0 Å². The van der Waals surface area contributed by atoms with E-state index in [1.54, 1.807) is 0 Å². The Kier molecular flexibility index (Phi) is 6.56. The quantitative estimate of drug-likeness (QED) is 0.815. The van der Waals surface area contributed by atoms with Crippen LogP contribution in [0.3, 0.4) is 0 Å². The maximum atomic E-state index is 12.0. The Labute approximate surface area is 135 Å². The van der Waals surface area contributed by atoms with Crippen molar-refractivity contribution >= 4 is 29.2 Å². The second-order valence-corrected chi connectivity index (χ2v) is 5.34. The fraction of sp³-hybridized carbons (Fsp3) is 0.438. The van der Waals surface area contributed by atoms with Crippen molar-refractivity contribution in [2.45, 2.75) is 26.3 Å². The van der Waals surface area contributed by atoms with E-state index in [2.05, 4.69) is 5.32 Å². The van der Waals surface area contributed by atoms with Gasteiger partial charge < -0.3 is 15.3 Å². The van der Waals surface area contributed by atoms with Gasteiger partial charge >= 0.3 is 0 Å². The first-order valence-electron chi connectivity index (χ1n) is 7.34. The Bertz CT molecular complexity index is 565. The summed E-state index contributed by atoms with van der Waals surface area (Å²) in [6.07, 6.45) is 0.238. The number of nitrogens with zero attached hydrogens (tertiary/aromatic N) is 2. The first kappa shape index (κ1) is 18.5. The van der Waals surface area contributed by atoms with Gasteiger partial charge in [0.1, 0.15) is 6.04 Å². The largest absolute Gasteiger partial charge is 0.481 e. The molecule has 2 amide bonds. The highest BCUT2D eigenvalue weighted by molar-refractivity contribution is 6.06. The Hall–Kier alpha value is -2.57. The minimum atomic E-state index is -0.833. The monoisotopic (exact) mass is 321 g/mol. The number of rotatable bonds is 4. The van der Waals surface area contributed by atoms with Crippen LogP contribution in [0.25, 0.3) is 0 Å². The lowest BCUT2D eigenvalue weighted by molar-refractivity contribution is -0.138. The average Bonchev–Trinajstić information content (AvgIpc) is 2.73. The first-order valence-corrected chi connectivity index (χ1v) is 7.34. The van der Waals surface area contributed by atoms with Gasteiger partial charge in [0, 0.05) is 38.9 Å². The van der Waals surface area contributed by atoms with Crippen molar-refractivity contribution in [2.75, 3.05) is 30.9 Å². The van der Waals surface area contributed by atoms with Crippen LogP contribution in [-0.2, 0) is 14.4 Å². The molecular formula is C16H23N3O4. The maximum absolute atomic E-state index is 12.0. The molecule has 1 aromatic rings. The predicted molar refractivity (Wildman–Crippen MR) is 88.5 cm³/mol. The molecule has 126 valence electrons. The van der Waals surface area contributed by atoms with Gasteiger partial charge in [-0.1, -0.05) is 0 Å². The molecule has 0 saturated carbocycles. The molecule has 0 spiro atoms. The number of imide groups is 1. The van der Waals surface area contributed by atoms with Gasteiger partial charge in [-0.2, -0.15) is 0 Å². The van der Waals surface area contributed by atoms with Crippen molar-refractivity contribution in [3.8, 4) is 0 Å². The summed E-state index contributed by atoms with van der Waals surface area (Å²) in [5.74, 6) is -1.07. The number of carbonyl (C=O) groups excluding carboxylic acids is 2. The molecule has 23 heavy (non-hydrogen) atoms. The number of carboxylic acid groups (broad SMARTS) is 1. The summed E-state index contributed by atoms with van der Waals surface area (Å²) in [6.45, 7) is 3.33. The number of anilines is 2. The highest BCUT2D eigenvalue weighted by Gasteiger charge is 2.37. The van der Waals surface area contributed by atoms with Crippen molar-refractivity contribution < 1.29 is 19.5 Å². The number of carbonyl (C=O) groups is 3. The summed E-state index contributed by atoms with van der Waals surface area (Å²) in [5, 5.41) is 10.5. The van der Waals surface area contributed by atoms with Crippen LogP contribution >= 0.6 is 0 Å². The summed E-state index contributed by atoms with van der Waals surface area (Å²) in [5.41, 5.74) is 1.95. The summed E-state index contributed by atoms with van der Waals surface area (Å²) in [7, 11) is 3.95. The van der Waals surface area contributed by atoms with Crippen LogP contribution < -0.4 is 10.2 Å². The number of likely N-dealkylation sites (N-methyl/N-ethyl adjacent to an activating group) is 1. The molecule has 1 unspecified atom stereocenters. The lowest BCUT2D eigenvalue weighted by Gasteiger charge is -2.16. The number of amides is 2. The number of benzene rings is 1. The van der Waals surface area contributed by atoms with Gasteiger partial charge in [0.25, 0.3) is 11.9 Å². The third kappa shape index (κ3) is 5.28. The van der Waals surface area contributed by atoms with Gasteiger partial charge in [-0.25, -0.2) is 0 Å². The lowest BCUT2D eigenvalue weighted by atomic mass is 10.2. The van der Waals surface area contributed by atoms with Gasteiger partial charge in [0.2, 0.25) is 5.91 Å². The number of hydrogen-bond donors (Lipinski definition) is 2. The molecule has 1 atom stereocenters. The molecule has 7 nitrogen and oxygen atoms in total. The van der Waals surface area contributed by atoms with Gasteiger partial charge in [-0.15, -0.1) is 0 Å². The number of carboxylic acids is 1. The summed E-state index contributed by atoms with van der Waals surface area (Å²) in [4.78, 5) is 35.9. The van der Waals surface area contributed by atoms with E-state index in [1.807, 2.05) is 50.2 Å². The molecule has 1 aliphatic heterocycles. The average molecular weight is 321 g/mol. The fourth-order valence-electron chi connectivity index (χ4n) is 2.19. The molecular weight excluding hydrogens is 298 g/mol. The molecule has 1 fully saturated rings. The van der Waals surface area contributed by atoms with E-state index < -0.39 is 12.0 Å². The molecule has 1 aromatic carbocycles. The number of nitrogens with one attached hydrogen (secondary N) is 1. The molecule has 7 heteroatoms. The first-order chi connectivity index (χ1) is 10.8. The van der Waals surface area contributed by atoms with E-state index in [-0.39, 0.29) is 18.2 Å². The Morgan fingerprint density at radius 3 is 2.22 bits per heavy atom. The van der Waals surface area contributed by atoms with Crippen molar-refractivity contribution in [2.24, 2.45) is 0 Å². The van der Waals surface area contributed by atoms with Gasteiger partial charge in [0.05, 0.1) is 6.42 Å². The van der Waals surface area contributed by atoms with Crippen molar-refractivity contribution in [3.63, 3.8) is 0 Å². The van der Waals surface area contributed by atoms with E-state index in [1.165, 1.54) is 4.90 Å². The van der Waals surface area contributed by atoms with Crippen LogP contribution in [0.2, 0.25) is 0 Å². The lowest BCUT2D eigenvalue weighted by Crippen LogP contribution is -2.34. The maximum Gasteiger partial charge on any atom is 0.300 e. The van der Waals surface area contributed by atoms with E-state index in [0.717, 1.165) is 18.3 Å². The normalized spacial score (nSPS) is 16.7. The van der Waals surface area contributed by atoms with Crippen LogP contribution in [0.5, 0.6) is 0 Å². The zero-order valence-electron chi connectivity index (χ0n) is 13.9. The number of aliphatic carboxylic acids is 1. The molecule has 0 aromatic heterocycles.